The number of benzene rings is 1. The third-order valence-electron chi connectivity index (χ3n) is 3.81. The number of carboxylic acid groups (broad SMARTS) is 1. The molecule has 0 aromatic heterocycles. The summed E-state index contributed by atoms with van der Waals surface area (Å²) >= 11 is 0. The van der Waals surface area contributed by atoms with Gasteiger partial charge >= 0.3 is 12.0 Å². The van der Waals surface area contributed by atoms with E-state index in [9.17, 15) is 14.0 Å². The summed E-state index contributed by atoms with van der Waals surface area (Å²) in [6.07, 6.45) is 3.94. The van der Waals surface area contributed by atoms with Crippen LogP contribution in [0.25, 0.3) is 0 Å². The van der Waals surface area contributed by atoms with Gasteiger partial charge < -0.3 is 15.7 Å². The molecule has 0 heterocycles. The summed E-state index contributed by atoms with van der Waals surface area (Å²) in [5.41, 5.74) is -0.199. The van der Waals surface area contributed by atoms with Crippen LogP contribution in [0.15, 0.2) is 18.2 Å². The number of carboxylic acids is 1. The van der Waals surface area contributed by atoms with Gasteiger partial charge in [-0.05, 0) is 49.8 Å². The zero-order valence-corrected chi connectivity index (χ0v) is 11.9. The Bertz CT molecular complexity index is 540. The molecule has 1 saturated carbocycles. The Morgan fingerprint density at radius 3 is 2.52 bits per heavy atom. The summed E-state index contributed by atoms with van der Waals surface area (Å²) in [5.74, 6) is -1.15. The maximum Gasteiger partial charge on any atom is 0.335 e. The molecular weight excluding hydrogens is 275 g/mol. The minimum absolute atomic E-state index is 0.0711. The minimum atomic E-state index is -1.17. The number of nitrogens with one attached hydrogen (secondary N) is 2. The lowest BCUT2D eigenvalue weighted by Crippen LogP contribution is -2.40. The number of carbonyl (C=O) groups excluding carboxylic acids is 1. The Hall–Kier alpha value is -2.11. The highest BCUT2D eigenvalue weighted by Gasteiger charge is 2.20. The highest BCUT2D eigenvalue weighted by Crippen LogP contribution is 2.23. The van der Waals surface area contributed by atoms with Crippen molar-refractivity contribution in [1.29, 1.82) is 0 Å². The highest BCUT2D eigenvalue weighted by molar-refractivity contribution is 5.93. The fraction of sp³-hybridized carbons (Fsp3) is 0.467. The van der Waals surface area contributed by atoms with Gasteiger partial charge in [-0.15, -0.1) is 0 Å². The number of rotatable bonds is 3. The Labute approximate surface area is 122 Å². The second kappa shape index (κ2) is 6.56. The van der Waals surface area contributed by atoms with E-state index in [1.807, 2.05) is 0 Å². The van der Waals surface area contributed by atoms with Crippen LogP contribution < -0.4 is 10.6 Å². The molecule has 0 atom stereocenters. The number of carbonyl (C=O) groups is 2. The Balaban J connectivity index is 1.96. The van der Waals surface area contributed by atoms with Crippen LogP contribution in [-0.2, 0) is 0 Å². The van der Waals surface area contributed by atoms with Gasteiger partial charge in [0.15, 0.2) is 0 Å². The molecule has 0 spiro atoms. The molecule has 1 aliphatic carbocycles. The molecule has 1 aromatic rings. The van der Waals surface area contributed by atoms with Gasteiger partial charge in [0.1, 0.15) is 5.82 Å². The van der Waals surface area contributed by atoms with Crippen molar-refractivity contribution in [1.82, 2.24) is 5.32 Å². The predicted molar refractivity (Wildman–Crippen MR) is 76.9 cm³/mol. The van der Waals surface area contributed by atoms with E-state index in [1.165, 1.54) is 0 Å². The van der Waals surface area contributed by atoms with Crippen molar-refractivity contribution in [2.75, 3.05) is 5.32 Å². The third kappa shape index (κ3) is 4.18. The second-order valence-electron chi connectivity index (χ2n) is 5.56. The molecule has 0 radical (unpaired) electrons. The second-order valence-corrected chi connectivity index (χ2v) is 5.56. The number of urea groups is 1. The Kier molecular flexibility index (Phi) is 4.77. The van der Waals surface area contributed by atoms with Crippen LogP contribution >= 0.6 is 0 Å². The topological polar surface area (TPSA) is 78.4 Å². The molecule has 114 valence electrons. The first-order valence-electron chi connectivity index (χ1n) is 7.06. The first-order chi connectivity index (χ1) is 9.95. The molecule has 1 aromatic carbocycles. The SMILES string of the molecule is CC1CCC(NC(=O)Nc2cc(C(=O)O)ccc2F)CC1. The Morgan fingerprint density at radius 1 is 1.24 bits per heavy atom. The molecule has 0 unspecified atom stereocenters. The molecular formula is C15H19FN2O3. The number of hydrogen-bond acceptors (Lipinski definition) is 2. The Morgan fingerprint density at radius 2 is 1.90 bits per heavy atom. The first-order valence-corrected chi connectivity index (χ1v) is 7.06. The van der Waals surface area contributed by atoms with Crippen molar-refractivity contribution in [3.05, 3.63) is 29.6 Å². The largest absolute Gasteiger partial charge is 0.478 e. The van der Waals surface area contributed by atoms with Crippen molar-refractivity contribution in [2.24, 2.45) is 5.92 Å². The van der Waals surface area contributed by atoms with Crippen LogP contribution in [0.3, 0.4) is 0 Å². The van der Waals surface area contributed by atoms with Crippen LogP contribution in [0.4, 0.5) is 14.9 Å². The maximum absolute atomic E-state index is 13.6. The van der Waals surface area contributed by atoms with Crippen molar-refractivity contribution in [2.45, 2.75) is 38.6 Å². The average Bonchev–Trinajstić information content (AvgIpc) is 2.43. The van der Waals surface area contributed by atoms with E-state index >= 15 is 0 Å². The van der Waals surface area contributed by atoms with Gasteiger partial charge in [0.2, 0.25) is 0 Å². The lowest BCUT2D eigenvalue weighted by atomic mass is 9.87. The molecule has 21 heavy (non-hydrogen) atoms. The van der Waals surface area contributed by atoms with Crippen LogP contribution in [0, 0.1) is 11.7 Å². The number of aromatic carboxylic acids is 1. The lowest BCUT2D eigenvalue weighted by molar-refractivity contribution is 0.0697. The summed E-state index contributed by atoms with van der Waals surface area (Å²) in [4.78, 5) is 22.7. The maximum atomic E-state index is 13.6. The molecule has 0 bridgehead atoms. The van der Waals surface area contributed by atoms with Crippen molar-refractivity contribution in [3.8, 4) is 0 Å². The molecule has 2 rings (SSSR count). The van der Waals surface area contributed by atoms with Gasteiger partial charge in [-0.25, -0.2) is 14.0 Å². The van der Waals surface area contributed by atoms with Gasteiger partial charge in [0, 0.05) is 6.04 Å². The fourth-order valence-electron chi connectivity index (χ4n) is 2.50. The summed E-state index contributed by atoms with van der Waals surface area (Å²) in [6.45, 7) is 2.18. The molecule has 1 fully saturated rings. The van der Waals surface area contributed by atoms with Crippen molar-refractivity contribution < 1.29 is 19.1 Å². The minimum Gasteiger partial charge on any atom is -0.478 e. The lowest BCUT2D eigenvalue weighted by Gasteiger charge is -2.26. The van der Waals surface area contributed by atoms with E-state index in [4.69, 9.17) is 5.11 Å². The molecule has 0 aliphatic heterocycles. The number of halogens is 1. The summed E-state index contributed by atoms with van der Waals surface area (Å²) < 4.78 is 13.6. The van der Waals surface area contributed by atoms with Gasteiger partial charge in [0.05, 0.1) is 11.3 Å². The van der Waals surface area contributed by atoms with Crippen LogP contribution in [0.2, 0.25) is 0 Å². The molecule has 2 amide bonds. The van der Waals surface area contributed by atoms with Gasteiger partial charge in [-0.1, -0.05) is 6.92 Å². The van der Waals surface area contributed by atoms with Crippen molar-refractivity contribution >= 4 is 17.7 Å². The smallest absolute Gasteiger partial charge is 0.335 e. The van der Waals surface area contributed by atoms with Crippen LogP contribution in [0.1, 0.15) is 43.0 Å². The monoisotopic (exact) mass is 294 g/mol. The summed E-state index contributed by atoms with van der Waals surface area (Å²) in [5, 5.41) is 14.0. The van der Waals surface area contributed by atoms with Crippen LogP contribution in [-0.4, -0.2) is 23.1 Å². The standard InChI is InChI=1S/C15H19FN2O3/c1-9-2-5-11(6-3-9)17-15(21)18-13-8-10(14(19)20)4-7-12(13)16/h4,7-9,11H,2-3,5-6H2,1H3,(H,19,20)(H2,17,18,21). The first kappa shape index (κ1) is 15.3. The van der Waals surface area contributed by atoms with Gasteiger partial charge in [-0.2, -0.15) is 0 Å². The van der Waals surface area contributed by atoms with E-state index < -0.39 is 17.8 Å². The summed E-state index contributed by atoms with van der Waals surface area (Å²) in [6, 6.07) is 2.88. The van der Waals surface area contributed by atoms with E-state index in [1.54, 1.807) is 0 Å². The number of anilines is 1. The molecule has 1 aliphatic rings. The quantitative estimate of drug-likeness (QED) is 0.801. The number of amides is 2. The number of hydrogen-bond donors (Lipinski definition) is 3. The van der Waals surface area contributed by atoms with E-state index in [-0.39, 0.29) is 17.3 Å². The van der Waals surface area contributed by atoms with E-state index in [2.05, 4.69) is 17.6 Å². The van der Waals surface area contributed by atoms with Crippen LogP contribution in [0.5, 0.6) is 0 Å². The molecule has 3 N–H and O–H groups in total. The van der Waals surface area contributed by atoms with Crippen molar-refractivity contribution in [3.63, 3.8) is 0 Å². The normalized spacial score (nSPS) is 21.6. The van der Waals surface area contributed by atoms with E-state index in [0.717, 1.165) is 43.9 Å². The molecule has 0 saturated heterocycles. The molecule has 6 heteroatoms. The average molecular weight is 294 g/mol. The van der Waals surface area contributed by atoms with Gasteiger partial charge in [-0.3, -0.25) is 0 Å². The third-order valence-corrected chi connectivity index (χ3v) is 3.81. The fourth-order valence-corrected chi connectivity index (χ4v) is 2.50. The zero-order valence-electron chi connectivity index (χ0n) is 11.9. The summed E-state index contributed by atoms with van der Waals surface area (Å²) in [7, 11) is 0. The molecule has 5 nitrogen and oxygen atoms in total. The zero-order chi connectivity index (χ0) is 15.4. The predicted octanol–water partition coefficient (Wildman–Crippen LogP) is 3.22. The van der Waals surface area contributed by atoms with E-state index in [0.29, 0.717) is 5.92 Å². The highest BCUT2D eigenvalue weighted by atomic mass is 19.1. The van der Waals surface area contributed by atoms with Gasteiger partial charge in [0.25, 0.3) is 0 Å².